The van der Waals surface area contributed by atoms with Crippen LogP contribution in [0.15, 0.2) is 24.3 Å². The molecule has 32 heavy (non-hydrogen) atoms. The topological polar surface area (TPSA) is 76.7 Å². The fourth-order valence-electron chi connectivity index (χ4n) is 5.04. The molecule has 0 unspecified atom stereocenters. The van der Waals surface area contributed by atoms with E-state index in [4.69, 9.17) is 9.47 Å². The van der Waals surface area contributed by atoms with Gasteiger partial charge in [0.25, 0.3) is 0 Å². The van der Waals surface area contributed by atoms with Crippen LogP contribution in [0.4, 0.5) is 0 Å². The van der Waals surface area contributed by atoms with Crippen LogP contribution in [0.3, 0.4) is 0 Å². The van der Waals surface area contributed by atoms with E-state index in [0.717, 1.165) is 63.0 Å². The Morgan fingerprint density at radius 3 is 1.53 bits per heavy atom. The molecule has 0 bridgehead atoms. The summed E-state index contributed by atoms with van der Waals surface area (Å²) in [5.74, 6) is 0.301. The molecule has 0 atom stereocenters. The number of carbonyl (C=O) groups is 2. The van der Waals surface area contributed by atoms with Crippen LogP contribution in [0.25, 0.3) is 0 Å². The predicted octanol–water partition coefficient (Wildman–Crippen LogP) is 3.41. The summed E-state index contributed by atoms with van der Waals surface area (Å²) in [7, 11) is 0. The molecule has 2 saturated heterocycles. The lowest BCUT2D eigenvalue weighted by Crippen LogP contribution is -2.43. The summed E-state index contributed by atoms with van der Waals surface area (Å²) in [5, 5.41) is 6.71. The predicted molar refractivity (Wildman–Crippen MR) is 125 cm³/mol. The summed E-state index contributed by atoms with van der Waals surface area (Å²) in [6, 6.07) is 7.62. The smallest absolute Gasteiger partial charge is 0.310 e. The molecular formula is C26H40N2O4. The van der Waals surface area contributed by atoms with Gasteiger partial charge in [0.1, 0.15) is 11.2 Å². The maximum Gasteiger partial charge on any atom is 0.310 e. The molecule has 178 valence electrons. The zero-order valence-electron chi connectivity index (χ0n) is 20.2. The van der Waals surface area contributed by atoms with Crippen molar-refractivity contribution in [2.45, 2.75) is 77.4 Å². The Morgan fingerprint density at radius 2 is 1.16 bits per heavy atom. The molecule has 0 aromatic heterocycles. The Labute approximate surface area is 192 Å². The van der Waals surface area contributed by atoms with E-state index in [1.54, 1.807) is 0 Å². The van der Waals surface area contributed by atoms with Crippen molar-refractivity contribution < 1.29 is 19.1 Å². The normalized spacial score (nSPS) is 18.9. The van der Waals surface area contributed by atoms with E-state index < -0.39 is 11.2 Å². The summed E-state index contributed by atoms with van der Waals surface area (Å²) in [5.41, 5.74) is 0.778. The molecule has 0 spiro atoms. The van der Waals surface area contributed by atoms with Crippen molar-refractivity contribution in [2.75, 3.05) is 26.2 Å². The lowest BCUT2D eigenvalue weighted by Gasteiger charge is -2.36. The summed E-state index contributed by atoms with van der Waals surface area (Å²) in [6.45, 7) is 11.9. The average Bonchev–Trinajstić information content (AvgIpc) is 2.74. The van der Waals surface area contributed by atoms with Gasteiger partial charge in [-0.15, -0.1) is 0 Å². The van der Waals surface area contributed by atoms with Gasteiger partial charge in [0.05, 0.1) is 12.8 Å². The number of rotatable bonds is 8. The Balaban J connectivity index is 1.53. The van der Waals surface area contributed by atoms with Crippen LogP contribution < -0.4 is 10.6 Å². The molecule has 2 fully saturated rings. The number of benzene rings is 1. The number of esters is 2. The maximum absolute atomic E-state index is 12.6. The summed E-state index contributed by atoms with van der Waals surface area (Å²) in [4.78, 5) is 25.3. The van der Waals surface area contributed by atoms with Gasteiger partial charge < -0.3 is 20.1 Å². The van der Waals surface area contributed by atoms with Crippen molar-refractivity contribution in [3.63, 3.8) is 0 Å². The molecule has 2 aliphatic heterocycles. The molecular weight excluding hydrogens is 404 g/mol. The molecule has 0 saturated carbocycles. The van der Waals surface area contributed by atoms with Gasteiger partial charge in [0, 0.05) is 11.8 Å². The van der Waals surface area contributed by atoms with Crippen LogP contribution in [-0.2, 0) is 31.9 Å². The van der Waals surface area contributed by atoms with E-state index in [9.17, 15) is 9.59 Å². The fraction of sp³-hybridized carbons (Fsp3) is 0.692. The number of carbonyl (C=O) groups excluding carboxylic acids is 2. The van der Waals surface area contributed by atoms with E-state index >= 15 is 0 Å². The highest BCUT2D eigenvalue weighted by Gasteiger charge is 2.35. The van der Waals surface area contributed by atoms with Gasteiger partial charge >= 0.3 is 11.9 Å². The van der Waals surface area contributed by atoms with Crippen molar-refractivity contribution in [1.82, 2.24) is 10.6 Å². The summed E-state index contributed by atoms with van der Waals surface area (Å²) >= 11 is 0. The molecule has 3 rings (SSSR count). The van der Waals surface area contributed by atoms with Crippen LogP contribution in [0.1, 0.15) is 64.5 Å². The number of piperidine rings is 2. The maximum atomic E-state index is 12.6. The first-order valence-corrected chi connectivity index (χ1v) is 12.1. The van der Waals surface area contributed by atoms with E-state index in [1.165, 1.54) is 0 Å². The highest BCUT2D eigenvalue weighted by Crippen LogP contribution is 2.30. The minimum atomic E-state index is -0.471. The number of ether oxygens (including phenoxy) is 2. The molecule has 2 N–H and O–H groups in total. The van der Waals surface area contributed by atoms with Gasteiger partial charge in [0.15, 0.2) is 0 Å². The van der Waals surface area contributed by atoms with Crippen LogP contribution in [-0.4, -0.2) is 49.3 Å². The monoisotopic (exact) mass is 444 g/mol. The number of hydrogen-bond acceptors (Lipinski definition) is 6. The van der Waals surface area contributed by atoms with Gasteiger partial charge in [0.2, 0.25) is 0 Å². The summed E-state index contributed by atoms with van der Waals surface area (Å²) in [6.07, 6.45) is 4.49. The molecule has 1 aromatic rings. The molecule has 0 aliphatic carbocycles. The largest absolute Gasteiger partial charge is 0.459 e. The highest BCUT2D eigenvalue weighted by molar-refractivity contribution is 5.75. The van der Waals surface area contributed by atoms with Gasteiger partial charge in [-0.05, 0) is 90.7 Å². The first-order chi connectivity index (χ1) is 15.2. The zero-order valence-corrected chi connectivity index (χ0v) is 20.2. The minimum absolute atomic E-state index is 0.206. The van der Waals surface area contributed by atoms with Crippen LogP contribution in [0.5, 0.6) is 0 Å². The molecule has 6 heteroatoms. The third-order valence-electron chi connectivity index (χ3n) is 7.09. The van der Waals surface area contributed by atoms with Crippen molar-refractivity contribution in [1.29, 1.82) is 0 Å². The molecule has 0 amide bonds. The lowest BCUT2D eigenvalue weighted by molar-refractivity contribution is -0.162. The van der Waals surface area contributed by atoms with Crippen molar-refractivity contribution >= 4 is 11.9 Å². The second-order valence-electron chi connectivity index (χ2n) is 10.4. The van der Waals surface area contributed by atoms with Gasteiger partial charge in [-0.25, -0.2) is 0 Å². The first-order valence-electron chi connectivity index (χ1n) is 12.1. The quantitative estimate of drug-likeness (QED) is 0.599. The van der Waals surface area contributed by atoms with Gasteiger partial charge in [-0.2, -0.15) is 0 Å². The third kappa shape index (κ3) is 7.04. The standard InChI is InChI=1S/C26H40N2O4/c1-25(2,21-8-12-27-13-9-21)31-23(29)17-19-6-5-7-20(16-19)18-24(30)32-26(3,4)22-10-14-28-15-11-22/h5-7,16,21-22,27-28H,8-15,17-18H2,1-4H3. The van der Waals surface area contributed by atoms with Gasteiger partial charge in [-0.1, -0.05) is 24.3 Å². The van der Waals surface area contributed by atoms with Crippen LogP contribution in [0.2, 0.25) is 0 Å². The van der Waals surface area contributed by atoms with Crippen molar-refractivity contribution in [3.05, 3.63) is 35.4 Å². The number of hydrogen-bond donors (Lipinski definition) is 2. The van der Waals surface area contributed by atoms with Gasteiger partial charge in [-0.3, -0.25) is 9.59 Å². The average molecular weight is 445 g/mol. The highest BCUT2D eigenvalue weighted by atomic mass is 16.6. The van der Waals surface area contributed by atoms with E-state index in [-0.39, 0.29) is 24.8 Å². The number of nitrogens with one attached hydrogen (secondary N) is 2. The van der Waals surface area contributed by atoms with Crippen LogP contribution in [0, 0.1) is 11.8 Å². The molecule has 6 nitrogen and oxygen atoms in total. The minimum Gasteiger partial charge on any atom is -0.459 e. The second kappa shape index (κ2) is 10.8. The molecule has 0 radical (unpaired) electrons. The second-order valence-corrected chi connectivity index (χ2v) is 10.4. The Bertz CT molecular complexity index is 717. The molecule has 2 heterocycles. The Hall–Kier alpha value is -1.92. The van der Waals surface area contributed by atoms with E-state index in [2.05, 4.69) is 10.6 Å². The third-order valence-corrected chi connectivity index (χ3v) is 7.09. The van der Waals surface area contributed by atoms with E-state index in [0.29, 0.717) is 11.8 Å². The Morgan fingerprint density at radius 1 is 0.781 bits per heavy atom. The van der Waals surface area contributed by atoms with Crippen LogP contribution >= 0.6 is 0 Å². The molecule has 2 aliphatic rings. The first kappa shape index (κ1) is 24.7. The van der Waals surface area contributed by atoms with Crippen molar-refractivity contribution in [3.8, 4) is 0 Å². The summed E-state index contributed by atoms with van der Waals surface area (Å²) < 4.78 is 11.7. The SMILES string of the molecule is CC(C)(OC(=O)Cc1cccc(CC(=O)OC(C)(C)C2CCNCC2)c1)C1CCNCC1. The molecule has 1 aromatic carbocycles. The van der Waals surface area contributed by atoms with Crippen molar-refractivity contribution in [2.24, 2.45) is 11.8 Å². The lowest BCUT2D eigenvalue weighted by atomic mass is 9.83. The Kier molecular flexibility index (Phi) is 8.34. The van der Waals surface area contributed by atoms with E-state index in [1.807, 2.05) is 52.0 Å². The zero-order chi connectivity index (χ0) is 23.2. The fourth-order valence-corrected chi connectivity index (χ4v) is 5.04.